The van der Waals surface area contributed by atoms with Crippen molar-refractivity contribution in [2.45, 2.75) is 20.4 Å². The smallest absolute Gasteiger partial charge is 0.213 e. The summed E-state index contributed by atoms with van der Waals surface area (Å²) in [7, 11) is 0. The van der Waals surface area contributed by atoms with Crippen molar-refractivity contribution in [1.82, 2.24) is 20.1 Å². The number of rotatable bonds is 3. The standard InChI is InChI=1S/C9H11N5O/c1-6-3-8(13-7(2)12-6)10-4-9-11-5-15-14-9/h3,5H,4H2,1-2H3,(H,10,12,13). The third-order valence-corrected chi connectivity index (χ3v) is 1.80. The van der Waals surface area contributed by atoms with E-state index >= 15 is 0 Å². The van der Waals surface area contributed by atoms with Crippen molar-refractivity contribution >= 4 is 5.82 Å². The summed E-state index contributed by atoms with van der Waals surface area (Å²) in [4.78, 5) is 12.3. The van der Waals surface area contributed by atoms with Crippen LogP contribution >= 0.6 is 0 Å². The topological polar surface area (TPSA) is 76.7 Å². The minimum atomic E-state index is 0.492. The number of nitrogens with zero attached hydrogens (tertiary/aromatic N) is 4. The van der Waals surface area contributed by atoms with Crippen LogP contribution in [0, 0.1) is 13.8 Å². The van der Waals surface area contributed by atoms with E-state index in [1.165, 1.54) is 6.39 Å². The Bertz CT molecular complexity index is 420. The molecule has 0 radical (unpaired) electrons. The van der Waals surface area contributed by atoms with Gasteiger partial charge in [0, 0.05) is 11.8 Å². The Hall–Kier alpha value is -1.98. The summed E-state index contributed by atoms with van der Waals surface area (Å²) in [6, 6.07) is 1.87. The van der Waals surface area contributed by atoms with E-state index in [0.29, 0.717) is 12.4 Å². The molecule has 0 unspecified atom stereocenters. The van der Waals surface area contributed by atoms with Gasteiger partial charge in [0.2, 0.25) is 6.39 Å². The summed E-state index contributed by atoms with van der Waals surface area (Å²) < 4.78 is 4.62. The molecule has 0 saturated carbocycles. The molecule has 0 fully saturated rings. The van der Waals surface area contributed by atoms with E-state index in [9.17, 15) is 0 Å². The van der Waals surface area contributed by atoms with E-state index in [2.05, 4.69) is 29.9 Å². The van der Waals surface area contributed by atoms with Crippen LogP contribution in [-0.2, 0) is 6.54 Å². The Morgan fingerprint density at radius 1 is 1.33 bits per heavy atom. The normalized spacial score (nSPS) is 10.3. The highest BCUT2D eigenvalue weighted by Crippen LogP contribution is 2.06. The molecule has 6 nitrogen and oxygen atoms in total. The van der Waals surface area contributed by atoms with Gasteiger partial charge in [-0.2, -0.15) is 4.98 Å². The molecule has 2 aromatic rings. The molecule has 0 aliphatic carbocycles. The van der Waals surface area contributed by atoms with Gasteiger partial charge in [-0.15, -0.1) is 0 Å². The van der Waals surface area contributed by atoms with Crippen molar-refractivity contribution in [2.24, 2.45) is 0 Å². The summed E-state index contributed by atoms with van der Waals surface area (Å²) in [5.74, 6) is 2.11. The molecule has 78 valence electrons. The largest absolute Gasteiger partial charge is 0.363 e. The molecule has 0 aliphatic heterocycles. The summed E-state index contributed by atoms with van der Waals surface area (Å²) in [6.45, 7) is 4.27. The highest BCUT2D eigenvalue weighted by Gasteiger charge is 2.01. The number of hydrogen-bond donors (Lipinski definition) is 1. The summed E-state index contributed by atoms with van der Waals surface area (Å²) >= 11 is 0. The lowest BCUT2D eigenvalue weighted by molar-refractivity contribution is 0.411. The van der Waals surface area contributed by atoms with Gasteiger partial charge in [0.1, 0.15) is 11.6 Å². The summed E-state index contributed by atoms with van der Waals surface area (Å²) in [5.41, 5.74) is 0.929. The number of anilines is 1. The molecule has 1 N–H and O–H groups in total. The Morgan fingerprint density at radius 2 is 2.20 bits per heavy atom. The third kappa shape index (κ3) is 2.49. The number of aryl methyl sites for hydroxylation is 2. The number of hydrogen-bond acceptors (Lipinski definition) is 6. The molecule has 6 heteroatoms. The van der Waals surface area contributed by atoms with Gasteiger partial charge in [0.25, 0.3) is 0 Å². The van der Waals surface area contributed by atoms with Crippen LogP contribution in [0.5, 0.6) is 0 Å². The van der Waals surface area contributed by atoms with Crippen LogP contribution in [0.25, 0.3) is 0 Å². The van der Waals surface area contributed by atoms with Crippen molar-refractivity contribution in [1.29, 1.82) is 0 Å². The average molecular weight is 205 g/mol. The minimum Gasteiger partial charge on any atom is -0.363 e. The molecule has 0 aliphatic rings. The quantitative estimate of drug-likeness (QED) is 0.808. The van der Waals surface area contributed by atoms with Crippen molar-refractivity contribution in [3.8, 4) is 0 Å². The molecule has 0 bridgehead atoms. The fourth-order valence-electron chi connectivity index (χ4n) is 1.25. The maximum absolute atomic E-state index is 4.62. The van der Waals surface area contributed by atoms with Gasteiger partial charge < -0.3 is 9.84 Å². The monoisotopic (exact) mass is 205 g/mol. The first kappa shape index (κ1) is 9.57. The highest BCUT2D eigenvalue weighted by molar-refractivity contribution is 5.35. The zero-order chi connectivity index (χ0) is 10.7. The van der Waals surface area contributed by atoms with Crippen LogP contribution in [0.4, 0.5) is 5.82 Å². The van der Waals surface area contributed by atoms with E-state index in [0.717, 1.165) is 17.3 Å². The van der Waals surface area contributed by atoms with Crippen LogP contribution in [0.3, 0.4) is 0 Å². The molecule has 0 saturated heterocycles. The lowest BCUT2D eigenvalue weighted by atomic mass is 10.4. The maximum Gasteiger partial charge on any atom is 0.213 e. The third-order valence-electron chi connectivity index (χ3n) is 1.80. The van der Waals surface area contributed by atoms with Gasteiger partial charge in [0.05, 0.1) is 6.54 Å². The Labute approximate surface area is 86.8 Å². The van der Waals surface area contributed by atoms with E-state index < -0.39 is 0 Å². The minimum absolute atomic E-state index is 0.492. The second kappa shape index (κ2) is 4.04. The number of aromatic nitrogens is 4. The molecule has 0 aromatic carbocycles. The molecule has 2 heterocycles. The first-order chi connectivity index (χ1) is 7.24. The van der Waals surface area contributed by atoms with E-state index in [1.54, 1.807) is 0 Å². The highest BCUT2D eigenvalue weighted by atomic mass is 16.5. The molecular formula is C9H11N5O. The second-order valence-corrected chi connectivity index (χ2v) is 3.14. The van der Waals surface area contributed by atoms with E-state index in [-0.39, 0.29) is 0 Å². The van der Waals surface area contributed by atoms with Crippen LogP contribution in [0.2, 0.25) is 0 Å². The first-order valence-corrected chi connectivity index (χ1v) is 4.55. The van der Waals surface area contributed by atoms with E-state index in [4.69, 9.17) is 0 Å². The van der Waals surface area contributed by atoms with E-state index in [1.807, 2.05) is 19.9 Å². The lowest BCUT2D eigenvalue weighted by Gasteiger charge is -2.04. The second-order valence-electron chi connectivity index (χ2n) is 3.14. The predicted molar refractivity (Wildman–Crippen MR) is 53.1 cm³/mol. The van der Waals surface area contributed by atoms with Crippen molar-refractivity contribution < 1.29 is 4.52 Å². The Balaban J connectivity index is 2.05. The van der Waals surface area contributed by atoms with Crippen LogP contribution in [-0.4, -0.2) is 20.1 Å². The van der Waals surface area contributed by atoms with Crippen LogP contribution in [0.1, 0.15) is 17.3 Å². The van der Waals surface area contributed by atoms with Crippen LogP contribution in [0.15, 0.2) is 17.0 Å². The molecule has 0 atom stereocenters. The van der Waals surface area contributed by atoms with Gasteiger partial charge >= 0.3 is 0 Å². The van der Waals surface area contributed by atoms with Crippen LogP contribution < -0.4 is 5.32 Å². The number of nitrogens with one attached hydrogen (secondary N) is 1. The van der Waals surface area contributed by atoms with Gasteiger partial charge in [-0.25, -0.2) is 9.97 Å². The summed E-state index contributed by atoms with van der Waals surface area (Å²) in [5, 5.41) is 6.78. The Kier molecular flexibility index (Phi) is 2.57. The summed E-state index contributed by atoms with van der Waals surface area (Å²) in [6.07, 6.45) is 1.30. The molecule has 15 heavy (non-hydrogen) atoms. The average Bonchev–Trinajstić information content (AvgIpc) is 2.65. The molecule has 2 rings (SSSR count). The molecule has 2 aromatic heterocycles. The van der Waals surface area contributed by atoms with Gasteiger partial charge in [0.15, 0.2) is 5.82 Å². The maximum atomic E-state index is 4.62. The molecule has 0 amide bonds. The zero-order valence-corrected chi connectivity index (χ0v) is 8.56. The first-order valence-electron chi connectivity index (χ1n) is 4.55. The zero-order valence-electron chi connectivity index (χ0n) is 8.56. The Morgan fingerprint density at radius 3 is 2.87 bits per heavy atom. The van der Waals surface area contributed by atoms with Gasteiger partial charge in [-0.05, 0) is 13.8 Å². The fraction of sp³-hybridized carbons (Fsp3) is 0.333. The fourth-order valence-corrected chi connectivity index (χ4v) is 1.25. The van der Waals surface area contributed by atoms with Gasteiger partial charge in [-0.1, -0.05) is 5.16 Å². The molecular weight excluding hydrogens is 194 g/mol. The van der Waals surface area contributed by atoms with Gasteiger partial charge in [-0.3, -0.25) is 0 Å². The molecule has 0 spiro atoms. The van der Waals surface area contributed by atoms with Crippen molar-refractivity contribution in [2.75, 3.05) is 5.32 Å². The van der Waals surface area contributed by atoms with Crippen molar-refractivity contribution in [3.05, 3.63) is 29.8 Å². The SMILES string of the molecule is Cc1cc(NCc2ncon2)nc(C)n1. The lowest BCUT2D eigenvalue weighted by Crippen LogP contribution is -2.04. The van der Waals surface area contributed by atoms with Crippen molar-refractivity contribution in [3.63, 3.8) is 0 Å². The predicted octanol–water partition coefficient (Wildman–Crippen LogP) is 1.09.